The number of halogens is 1. The van der Waals surface area contributed by atoms with E-state index in [0.29, 0.717) is 10.7 Å². The Morgan fingerprint density at radius 1 is 1.36 bits per heavy atom. The number of hydrogen-bond acceptors (Lipinski definition) is 3. The van der Waals surface area contributed by atoms with Gasteiger partial charge in [0.05, 0.1) is 5.75 Å². The molecule has 0 bridgehead atoms. The molecule has 7 heteroatoms. The standard InChI is InChI=1S/C15H20ClN3O2S/c1-12(5-7-14-4-3-9-19(14)2)18-22(20,21)11-13-6-8-15(16)17-10-13/h3-4,6,8-10,12,18H,5,7,11H2,1-2H3/t12-/m0/s1. The Morgan fingerprint density at radius 2 is 2.14 bits per heavy atom. The van der Waals surface area contributed by atoms with Crippen LogP contribution in [-0.2, 0) is 29.2 Å². The van der Waals surface area contributed by atoms with E-state index in [1.165, 1.54) is 11.9 Å². The van der Waals surface area contributed by atoms with E-state index < -0.39 is 10.0 Å². The van der Waals surface area contributed by atoms with Gasteiger partial charge in [0, 0.05) is 31.2 Å². The average Bonchev–Trinajstić information content (AvgIpc) is 2.84. The summed E-state index contributed by atoms with van der Waals surface area (Å²) >= 11 is 5.69. The minimum atomic E-state index is -3.39. The number of rotatable bonds is 7. The van der Waals surface area contributed by atoms with Crippen LogP contribution in [0.3, 0.4) is 0 Å². The average molecular weight is 342 g/mol. The van der Waals surface area contributed by atoms with Crippen molar-refractivity contribution in [2.75, 3.05) is 0 Å². The van der Waals surface area contributed by atoms with Crippen LogP contribution in [-0.4, -0.2) is 24.0 Å². The van der Waals surface area contributed by atoms with Gasteiger partial charge in [-0.05, 0) is 43.5 Å². The van der Waals surface area contributed by atoms with E-state index in [4.69, 9.17) is 11.6 Å². The zero-order valence-corrected chi connectivity index (χ0v) is 14.2. The quantitative estimate of drug-likeness (QED) is 0.787. The number of aryl methyl sites for hydroxylation is 2. The monoisotopic (exact) mass is 341 g/mol. The highest BCUT2D eigenvalue weighted by Gasteiger charge is 2.16. The molecule has 0 aliphatic carbocycles. The van der Waals surface area contributed by atoms with E-state index in [1.807, 2.05) is 36.9 Å². The number of nitrogens with zero attached hydrogens (tertiary/aromatic N) is 2. The Kier molecular flexibility index (Phi) is 5.61. The molecule has 22 heavy (non-hydrogen) atoms. The number of nitrogens with one attached hydrogen (secondary N) is 1. The van der Waals surface area contributed by atoms with Gasteiger partial charge >= 0.3 is 0 Å². The molecule has 0 aliphatic heterocycles. The minimum absolute atomic E-state index is 0.0916. The molecular weight excluding hydrogens is 322 g/mol. The van der Waals surface area contributed by atoms with E-state index >= 15 is 0 Å². The summed E-state index contributed by atoms with van der Waals surface area (Å²) in [5.74, 6) is -0.0916. The molecule has 1 atom stereocenters. The summed E-state index contributed by atoms with van der Waals surface area (Å²) in [7, 11) is -1.40. The van der Waals surface area contributed by atoms with Crippen LogP contribution in [0.25, 0.3) is 0 Å². The molecule has 0 spiro atoms. The van der Waals surface area contributed by atoms with Crippen LogP contribution in [0, 0.1) is 0 Å². The lowest BCUT2D eigenvalue weighted by Crippen LogP contribution is -2.34. The molecule has 2 heterocycles. The van der Waals surface area contributed by atoms with Crippen molar-refractivity contribution >= 4 is 21.6 Å². The third-order valence-electron chi connectivity index (χ3n) is 3.41. The van der Waals surface area contributed by atoms with Crippen molar-refractivity contribution in [3.63, 3.8) is 0 Å². The first-order valence-corrected chi connectivity index (χ1v) is 9.09. The second-order valence-corrected chi connectivity index (χ2v) is 7.56. The van der Waals surface area contributed by atoms with Crippen LogP contribution in [0.4, 0.5) is 0 Å². The van der Waals surface area contributed by atoms with Gasteiger partial charge in [-0.15, -0.1) is 0 Å². The first kappa shape index (κ1) is 17.0. The highest BCUT2D eigenvalue weighted by atomic mass is 35.5. The van der Waals surface area contributed by atoms with Gasteiger partial charge in [0.1, 0.15) is 5.15 Å². The van der Waals surface area contributed by atoms with Gasteiger partial charge in [-0.25, -0.2) is 18.1 Å². The van der Waals surface area contributed by atoms with Gasteiger partial charge in [0.2, 0.25) is 10.0 Å². The molecule has 0 radical (unpaired) electrons. The molecule has 5 nitrogen and oxygen atoms in total. The lowest BCUT2D eigenvalue weighted by atomic mass is 10.1. The molecule has 0 amide bonds. The fourth-order valence-corrected chi connectivity index (χ4v) is 3.77. The van der Waals surface area contributed by atoms with Crippen LogP contribution in [0.2, 0.25) is 5.15 Å². The SMILES string of the molecule is C[C@@H](CCc1cccn1C)NS(=O)(=O)Cc1ccc(Cl)nc1. The van der Waals surface area contributed by atoms with Gasteiger partial charge in [0.15, 0.2) is 0 Å². The number of hydrogen-bond donors (Lipinski definition) is 1. The Labute approximate surface area is 136 Å². The van der Waals surface area contributed by atoms with E-state index in [-0.39, 0.29) is 11.8 Å². The Balaban J connectivity index is 1.88. The minimum Gasteiger partial charge on any atom is -0.354 e. The second kappa shape index (κ2) is 7.26. The van der Waals surface area contributed by atoms with Crippen molar-refractivity contribution in [3.05, 3.63) is 53.1 Å². The molecule has 0 unspecified atom stereocenters. The highest BCUT2D eigenvalue weighted by Crippen LogP contribution is 2.10. The normalized spacial score (nSPS) is 13.2. The van der Waals surface area contributed by atoms with Crippen molar-refractivity contribution in [2.24, 2.45) is 7.05 Å². The predicted molar refractivity (Wildman–Crippen MR) is 88.2 cm³/mol. The maximum absolute atomic E-state index is 12.1. The van der Waals surface area contributed by atoms with Crippen molar-refractivity contribution < 1.29 is 8.42 Å². The second-order valence-electron chi connectivity index (χ2n) is 5.42. The number of sulfonamides is 1. The Hall–Kier alpha value is -1.37. The van der Waals surface area contributed by atoms with Crippen LogP contribution in [0.5, 0.6) is 0 Å². The molecule has 2 rings (SSSR count). The summed E-state index contributed by atoms with van der Waals surface area (Å²) in [4.78, 5) is 3.89. The van der Waals surface area contributed by atoms with Gasteiger partial charge in [-0.3, -0.25) is 0 Å². The number of aromatic nitrogens is 2. The molecule has 0 aliphatic rings. The molecule has 120 valence electrons. The summed E-state index contributed by atoms with van der Waals surface area (Å²) in [6.07, 6.45) is 5.04. The fraction of sp³-hybridized carbons (Fsp3) is 0.400. The van der Waals surface area contributed by atoms with Gasteiger partial charge in [-0.1, -0.05) is 17.7 Å². The number of pyridine rings is 1. The summed E-state index contributed by atoms with van der Waals surface area (Å²) in [6.45, 7) is 1.88. The molecule has 1 N–H and O–H groups in total. The predicted octanol–water partition coefficient (Wildman–Crippen LogP) is 2.51. The van der Waals surface area contributed by atoms with Crippen molar-refractivity contribution in [1.82, 2.24) is 14.3 Å². The molecule has 0 saturated carbocycles. The van der Waals surface area contributed by atoms with Crippen molar-refractivity contribution in [2.45, 2.75) is 31.6 Å². The zero-order valence-electron chi connectivity index (χ0n) is 12.7. The lowest BCUT2D eigenvalue weighted by Gasteiger charge is -2.14. The smallest absolute Gasteiger partial charge is 0.216 e. The molecule has 0 saturated heterocycles. The van der Waals surface area contributed by atoms with E-state index in [9.17, 15) is 8.42 Å². The highest BCUT2D eigenvalue weighted by molar-refractivity contribution is 7.88. The third-order valence-corrected chi connectivity index (χ3v) is 5.11. The maximum Gasteiger partial charge on any atom is 0.216 e. The van der Waals surface area contributed by atoms with Gasteiger partial charge < -0.3 is 4.57 Å². The summed E-state index contributed by atoms with van der Waals surface area (Å²) < 4.78 is 29.0. The van der Waals surface area contributed by atoms with Gasteiger partial charge in [0.25, 0.3) is 0 Å². The lowest BCUT2D eigenvalue weighted by molar-refractivity contribution is 0.542. The molecule has 0 aromatic carbocycles. The van der Waals surface area contributed by atoms with Crippen LogP contribution in [0.15, 0.2) is 36.7 Å². The van der Waals surface area contributed by atoms with Crippen molar-refractivity contribution in [1.29, 1.82) is 0 Å². The van der Waals surface area contributed by atoms with E-state index in [1.54, 1.807) is 12.1 Å². The molecule has 2 aromatic rings. The summed E-state index contributed by atoms with van der Waals surface area (Å²) in [6, 6.07) is 7.16. The van der Waals surface area contributed by atoms with Gasteiger partial charge in [-0.2, -0.15) is 0 Å². The summed E-state index contributed by atoms with van der Waals surface area (Å²) in [5, 5.41) is 0.352. The Morgan fingerprint density at radius 3 is 2.73 bits per heavy atom. The van der Waals surface area contributed by atoms with Crippen LogP contribution < -0.4 is 4.72 Å². The van der Waals surface area contributed by atoms with Crippen LogP contribution >= 0.6 is 11.6 Å². The van der Waals surface area contributed by atoms with Crippen LogP contribution in [0.1, 0.15) is 24.6 Å². The van der Waals surface area contributed by atoms with E-state index in [2.05, 4.69) is 9.71 Å². The molecule has 2 aromatic heterocycles. The topological polar surface area (TPSA) is 64.0 Å². The maximum atomic E-state index is 12.1. The first-order valence-electron chi connectivity index (χ1n) is 7.06. The third kappa shape index (κ3) is 5.12. The largest absolute Gasteiger partial charge is 0.354 e. The first-order chi connectivity index (χ1) is 10.4. The Bertz CT molecular complexity index is 711. The van der Waals surface area contributed by atoms with E-state index in [0.717, 1.165) is 12.8 Å². The summed E-state index contributed by atoms with van der Waals surface area (Å²) in [5.41, 5.74) is 1.81. The fourth-order valence-electron chi connectivity index (χ4n) is 2.24. The molecule has 0 fully saturated rings. The van der Waals surface area contributed by atoms with Crippen molar-refractivity contribution in [3.8, 4) is 0 Å². The zero-order chi connectivity index (χ0) is 16.2. The molecular formula is C15H20ClN3O2S.